The number of fused-ring (bicyclic) bond motifs is 1. The van der Waals surface area contributed by atoms with E-state index in [0.29, 0.717) is 6.54 Å². The molecule has 1 heterocycles. The van der Waals surface area contributed by atoms with Crippen LogP contribution in [-0.4, -0.2) is 34.9 Å². The highest BCUT2D eigenvalue weighted by atomic mass is 32.2. The third kappa shape index (κ3) is 3.57. The standard InChI is InChI=1S/C16H23NO4S2/c1-6-15-16(2,3)13-11-12(22-20-4)7-8-14(13)17(15)9-10-23(18,19)21-5/h6-8,11H,9-10H2,1-5H3. The van der Waals surface area contributed by atoms with Crippen LogP contribution in [0.25, 0.3) is 0 Å². The summed E-state index contributed by atoms with van der Waals surface area (Å²) < 4.78 is 33.0. The van der Waals surface area contributed by atoms with Gasteiger partial charge in [0.15, 0.2) is 0 Å². The lowest BCUT2D eigenvalue weighted by Crippen LogP contribution is -2.30. The van der Waals surface area contributed by atoms with Crippen molar-refractivity contribution in [3.63, 3.8) is 0 Å². The van der Waals surface area contributed by atoms with Crippen LogP contribution in [0.3, 0.4) is 0 Å². The van der Waals surface area contributed by atoms with E-state index >= 15 is 0 Å². The van der Waals surface area contributed by atoms with Crippen LogP contribution >= 0.6 is 12.0 Å². The number of rotatable bonds is 6. The first-order chi connectivity index (χ1) is 10.8. The summed E-state index contributed by atoms with van der Waals surface area (Å²) in [4.78, 5) is 3.09. The zero-order valence-electron chi connectivity index (χ0n) is 14.1. The minimum Gasteiger partial charge on any atom is -0.343 e. The molecule has 7 heteroatoms. The van der Waals surface area contributed by atoms with Gasteiger partial charge in [-0.1, -0.05) is 19.9 Å². The number of allylic oxidation sites excluding steroid dienone is 2. The molecule has 128 valence electrons. The monoisotopic (exact) mass is 357 g/mol. The maximum atomic E-state index is 11.7. The van der Waals surface area contributed by atoms with E-state index in [2.05, 4.69) is 29.0 Å². The second-order valence-electron chi connectivity index (χ2n) is 5.81. The average molecular weight is 357 g/mol. The number of anilines is 1. The first-order valence-electron chi connectivity index (χ1n) is 7.34. The van der Waals surface area contributed by atoms with E-state index in [0.717, 1.165) is 16.3 Å². The van der Waals surface area contributed by atoms with Gasteiger partial charge in [0, 0.05) is 40.3 Å². The van der Waals surface area contributed by atoms with Crippen molar-refractivity contribution in [3.8, 4) is 0 Å². The van der Waals surface area contributed by atoms with Crippen LogP contribution in [0.1, 0.15) is 26.3 Å². The van der Waals surface area contributed by atoms with E-state index in [9.17, 15) is 8.42 Å². The van der Waals surface area contributed by atoms with Gasteiger partial charge in [-0.2, -0.15) is 8.42 Å². The van der Waals surface area contributed by atoms with Crippen LogP contribution in [0.4, 0.5) is 5.69 Å². The molecular weight excluding hydrogens is 334 g/mol. The Bertz CT molecular complexity index is 711. The molecular formula is C16H23NO4S2. The molecule has 1 aliphatic rings. The molecule has 0 aliphatic carbocycles. The zero-order valence-corrected chi connectivity index (χ0v) is 15.8. The summed E-state index contributed by atoms with van der Waals surface area (Å²) in [5.74, 6) is -0.0507. The molecule has 0 saturated heterocycles. The summed E-state index contributed by atoms with van der Waals surface area (Å²) in [5, 5.41) is 0. The van der Waals surface area contributed by atoms with Gasteiger partial charge in [0.2, 0.25) is 0 Å². The fourth-order valence-electron chi connectivity index (χ4n) is 3.05. The summed E-state index contributed by atoms with van der Waals surface area (Å²) in [6.07, 6.45) is 2.04. The fraction of sp³-hybridized carbons (Fsp3) is 0.500. The lowest BCUT2D eigenvalue weighted by atomic mass is 9.84. The topological polar surface area (TPSA) is 55.8 Å². The molecule has 1 aromatic carbocycles. The number of hydrogen-bond donors (Lipinski definition) is 0. The van der Waals surface area contributed by atoms with Crippen molar-refractivity contribution in [1.82, 2.24) is 0 Å². The maximum Gasteiger partial charge on any atom is 0.268 e. The minimum absolute atomic E-state index is 0.0507. The Morgan fingerprint density at radius 1 is 1.30 bits per heavy atom. The second-order valence-corrected chi connectivity index (χ2v) is 8.64. The molecule has 2 rings (SSSR count). The van der Waals surface area contributed by atoms with E-state index in [-0.39, 0.29) is 11.2 Å². The molecule has 0 amide bonds. The van der Waals surface area contributed by atoms with Crippen molar-refractivity contribution in [2.45, 2.75) is 31.1 Å². The van der Waals surface area contributed by atoms with Crippen molar-refractivity contribution >= 4 is 27.8 Å². The molecule has 1 aromatic rings. The lowest BCUT2D eigenvalue weighted by molar-refractivity contribution is 0.398. The third-order valence-corrected chi connectivity index (χ3v) is 5.94. The van der Waals surface area contributed by atoms with Crippen molar-refractivity contribution in [1.29, 1.82) is 0 Å². The number of benzene rings is 1. The summed E-state index contributed by atoms with van der Waals surface area (Å²) in [5.41, 5.74) is 3.11. The molecule has 1 aliphatic heterocycles. The smallest absolute Gasteiger partial charge is 0.268 e. The molecule has 0 bridgehead atoms. The highest BCUT2D eigenvalue weighted by molar-refractivity contribution is 7.94. The molecule has 0 fully saturated rings. The summed E-state index contributed by atoms with van der Waals surface area (Å²) >= 11 is 1.32. The van der Waals surface area contributed by atoms with Gasteiger partial charge in [-0.25, -0.2) is 0 Å². The third-order valence-electron chi connectivity index (χ3n) is 4.14. The molecule has 0 spiro atoms. The molecule has 0 aromatic heterocycles. The van der Waals surface area contributed by atoms with E-state index in [1.165, 1.54) is 24.7 Å². The molecule has 0 atom stereocenters. The normalized spacial score (nSPS) is 18.5. The molecule has 23 heavy (non-hydrogen) atoms. The van der Waals surface area contributed by atoms with Gasteiger partial charge in [-0.15, -0.1) is 0 Å². The first kappa shape index (κ1) is 18.3. The van der Waals surface area contributed by atoms with Crippen LogP contribution in [0, 0.1) is 0 Å². The molecule has 0 unspecified atom stereocenters. The SMILES string of the molecule is CC=C1N(CCS(=O)(=O)OC)c2ccc(SOC)cc2C1(C)C. The molecule has 5 nitrogen and oxygen atoms in total. The Morgan fingerprint density at radius 2 is 2.00 bits per heavy atom. The Balaban J connectivity index is 2.41. The summed E-state index contributed by atoms with van der Waals surface area (Å²) in [6, 6.07) is 6.12. The van der Waals surface area contributed by atoms with Gasteiger partial charge in [0.25, 0.3) is 10.1 Å². The Kier molecular flexibility index (Phi) is 5.45. The van der Waals surface area contributed by atoms with Crippen LogP contribution in [0.2, 0.25) is 0 Å². The molecule has 0 radical (unpaired) electrons. The number of hydrogen-bond acceptors (Lipinski definition) is 6. The van der Waals surface area contributed by atoms with Gasteiger partial charge >= 0.3 is 0 Å². The van der Waals surface area contributed by atoms with E-state index in [1.807, 2.05) is 25.1 Å². The van der Waals surface area contributed by atoms with Crippen LogP contribution in [0.5, 0.6) is 0 Å². The Hall–Kier alpha value is -1.02. The van der Waals surface area contributed by atoms with Crippen molar-refractivity contribution in [2.75, 3.05) is 31.4 Å². The van der Waals surface area contributed by atoms with Gasteiger partial charge in [-0.05, 0) is 30.7 Å². The fourth-order valence-corrected chi connectivity index (χ4v) is 4.10. The van der Waals surface area contributed by atoms with Crippen LogP contribution in [0.15, 0.2) is 34.9 Å². The van der Waals surface area contributed by atoms with E-state index < -0.39 is 10.1 Å². The van der Waals surface area contributed by atoms with E-state index in [1.54, 1.807) is 7.11 Å². The highest BCUT2D eigenvalue weighted by Crippen LogP contribution is 2.48. The summed E-state index contributed by atoms with van der Waals surface area (Å²) in [7, 11) is -0.651. The van der Waals surface area contributed by atoms with Crippen LogP contribution < -0.4 is 4.90 Å². The Morgan fingerprint density at radius 3 is 2.57 bits per heavy atom. The quantitative estimate of drug-likeness (QED) is 0.575. The van der Waals surface area contributed by atoms with Crippen molar-refractivity contribution in [3.05, 3.63) is 35.5 Å². The average Bonchev–Trinajstić information content (AvgIpc) is 2.72. The van der Waals surface area contributed by atoms with Gasteiger partial charge in [0.1, 0.15) is 0 Å². The van der Waals surface area contributed by atoms with Crippen LogP contribution in [-0.2, 0) is 23.9 Å². The Labute approximate surface area is 143 Å². The number of nitrogens with zero attached hydrogens (tertiary/aromatic N) is 1. The van der Waals surface area contributed by atoms with Crippen molar-refractivity contribution < 1.29 is 16.8 Å². The van der Waals surface area contributed by atoms with Gasteiger partial charge < -0.3 is 9.08 Å². The predicted molar refractivity (Wildman–Crippen MR) is 94.2 cm³/mol. The minimum atomic E-state index is -3.49. The van der Waals surface area contributed by atoms with Gasteiger partial charge in [0.05, 0.1) is 20.0 Å². The summed E-state index contributed by atoms with van der Waals surface area (Å²) in [6.45, 7) is 6.63. The zero-order chi connectivity index (χ0) is 17.3. The first-order valence-corrected chi connectivity index (χ1v) is 9.66. The molecule has 0 N–H and O–H groups in total. The largest absolute Gasteiger partial charge is 0.343 e. The van der Waals surface area contributed by atoms with Crippen molar-refractivity contribution in [2.24, 2.45) is 0 Å². The lowest BCUT2D eigenvalue weighted by Gasteiger charge is -2.26. The molecule has 0 saturated carbocycles. The highest BCUT2D eigenvalue weighted by Gasteiger charge is 2.40. The maximum absolute atomic E-state index is 11.7. The predicted octanol–water partition coefficient (Wildman–Crippen LogP) is 3.32. The second kappa shape index (κ2) is 6.84. The van der Waals surface area contributed by atoms with Gasteiger partial charge in [-0.3, -0.25) is 4.18 Å². The van der Waals surface area contributed by atoms with E-state index in [4.69, 9.17) is 4.18 Å².